The molecule has 18 heavy (non-hydrogen) atoms. The van der Waals surface area contributed by atoms with Gasteiger partial charge in [-0.2, -0.15) is 11.8 Å². The molecule has 0 aliphatic heterocycles. The summed E-state index contributed by atoms with van der Waals surface area (Å²) in [5.74, 6) is 1.58. The monoisotopic (exact) mass is 276 g/mol. The van der Waals surface area contributed by atoms with Crippen molar-refractivity contribution in [3.05, 3.63) is 0 Å². The first kappa shape index (κ1) is 17.1. The second kappa shape index (κ2) is 12.5. The van der Waals surface area contributed by atoms with Gasteiger partial charge in [0.05, 0.1) is 6.61 Å². The lowest BCUT2D eigenvalue weighted by Gasteiger charge is -2.10. The van der Waals surface area contributed by atoms with Crippen LogP contribution in [0.3, 0.4) is 0 Å². The number of aliphatic imine (C=N–C) groups is 1. The number of amides is 1. The predicted molar refractivity (Wildman–Crippen MR) is 77.2 cm³/mol. The molecule has 0 aromatic rings. The second-order valence-corrected chi connectivity index (χ2v) is 4.44. The number of guanidine groups is 1. The Kier molecular flexibility index (Phi) is 11.8. The number of nitrogens with one attached hydrogen (secondary N) is 3. The molecule has 7 heteroatoms. The number of ether oxygens (including phenoxy) is 1. The number of methoxy groups -OCH3 is 1. The minimum atomic E-state index is -0.103. The minimum absolute atomic E-state index is 0.103. The third-order valence-corrected chi connectivity index (χ3v) is 2.56. The van der Waals surface area contributed by atoms with E-state index in [1.54, 1.807) is 18.9 Å². The van der Waals surface area contributed by atoms with E-state index >= 15 is 0 Å². The molecule has 106 valence electrons. The topological polar surface area (TPSA) is 74.8 Å². The summed E-state index contributed by atoms with van der Waals surface area (Å²) < 4.78 is 4.84. The molecule has 0 unspecified atom stereocenters. The summed E-state index contributed by atoms with van der Waals surface area (Å²) in [6.45, 7) is 4.75. The molecule has 0 aliphatic rings. The van der Waals surface area contributed by atoms with Gasteiger partial charge in [-0.3, -0.25) is 4.79 Å². The summed E-state index contributed by atoms with van der Waals surface area (Å²) in [4.78, 5) is 15.6. The molecule has 0 spiro atoms. The summed E-state index contributed by atoms with van der Waals surface area (Å²) >= 11 is 1.76. The van der Waals surface area contributed by atoms with Gasteiger partial charge in [0.1, 0.15) is 6.54 Å². The fraction of sp³-hybridized carbons (Fsp3) is 0.818. The molecule has 0 rings (SSSR count). The number of hydrogen-bond donors (Lipinski definition) is 3. The van der Waals surface area contributed by atoms with Crippen molar-refractivity contribution >= 4 is 23.6 Å². The first-order valence-electron chi connectivity index (χ1n) is 6.01. The molecule has 6 nitrogen and oxygen atoms in total. The third-order valence-electron chi connectivity index (χ3n) is 1.95. The van der Waals surface area contributed by atoms with E-state index in [2.05, 4.69) is 27.2 Å². The molecule has 0 bridgehead atoms. The van der Waals surface area contributed by atoms with E-state index < -0.39 is 0 Å². The molecule has 0 aromatic carbocycles. The SMILES string of the molecule is CCNC(=NCC(=O)NCCOC)NCCSC. The molecular formula is C11H24N4O2S. The van der Waals surface area contributed by atoms with Crippen molar-refractivity contribution in [3.63, 3.8) is 0 Å². The molecule has 0 heterocycles. The number of rotatable bonds is 9. The summed E-state index contributed by atoms with van der Waals surface area (Å²) in [7, 11) is 1.60. The van der Waals surface area contributed by atoms with Crippen LogP contribution in [0.4, 0.5) is 0 Å². The van der Waals surface area contributed by atoms with Crippen molar-refractivity contribution in [2.24, 2.45) is 4.99 Å². The van der Waals surface area contributed by atoms with E-state index in [0.29, 0.717) is 19.1 Å². The van der Waals surface area contributed by atoms with Crippen molar-refractivity contribution < 1.29 is 9.53 Å². The van der Waals surface area contributed by atoms with Crippen LogP contribution in [0, 0.1) is 0 Å². The van der Waals surface area contributed by atoms with Crippen LogP contribution in [0.1, 0.15) is 6.92 Å². The third kappa shape index (κ3) is 10.2. The zero-order valence-corrected chi connectivity index (χ0v) is 12.2. The number of thioether (sulfide) groups is 1. The van der Waals surface area contributed by atoms with Gasteiger partial charge >= 0.3 is 0 Å². The highest BCUT2D eigenvalue weighted by molar-refractivity contribution is 7.98. The van der Waals surface area contributed by atoms with Crippen molar-refractivity contribution in [1.29, 1.82) is 0 Å². The number of hydrogen-bond acceptors (Lipinski definition) is 4. The maximum atomic E-state index is 11.4. The Morgan fingerprint density at radius 2 is 2.06 bits per heavy atom. The molecule has 0 saturated carbocycles. The first-order valence-corrected chi connectivity index (χ1v) is 7.40. The fourth-order valence-corrected chi connectivity index (χ4v) is 1.42. The molecule has 0 fully saturated rings. The molecule has 1 amide bonds. The Morgan fingerprint density at radius 3 is 2.67 bits per heavy atom. The van der Waals surface area contributed by atoms with Gasteiger partial charge in [-0.25, -0.2) is 4.99 Å². The van der Waals surface area contributed by atoms with E-state index in [1.807, 2.05) is 6.92 Å². The average molecular weight is 276 g/mol. The smallest absolute Gasteiger partial charge is 0.241 e. The van der Waals surface area contributed by atoms with Crippen LogP contribution in [0.25, 0.3) is 0 Å². The standard InChI is InChI=1S/C11H24N4O2S/c1-4-12-11(14-6-8-18-3)15-9-10(16)13-5-7-17-2/h4-9H2,1-3H3,(H,13,16)(H2,12,14,15). The van der Waals surface area contributed by atoms with E-state index in [1.165, 1.54) is 0 Å². The number of carbonyl (C=O) groups is 1. The van der Waals surface area contributed by atoms with E-state index in [4.69, 9.17) is 4.74 Å². The summed E-state index contributed by atoms with van der Waals surface area (Å²) in [5, 5.41) is 8.96. The van der Waals surface area contributed by atoms with E-state index in [0.717, 1.165) is 18.8 Å². The fourth-order valence-electron chi connectivity index (χ4n) is 1.11. The molecule has 0 saturated heterocycles. The molecule has 0 aliphatic carbocycles. The Bertz CT molecular complexity index is 249. The highest BCUT2D eigenvalue weighted by atomic mass is 32.2. The Balaban J connectivity index is 3.93. The maximum Gasteiger partial charge on any atom is 0.241 e. The largest absolute Gasteiger partial charge is 0.383 e. The van der Waals surface area contributed by atoms with Crippen LogP contribution in [-0.4, -0.2) is 63.8 Å². The average Bonchev–Trinajstić information content (AvgIpc) is 2.36. The zero-order chi connectivity index (χ0) is 13.6. The lowest BCUT2D eigenvalue weighted by Crippen LogP contribution is -2.39. The van der Waals surface area contributed by atoms with Gasteiger partial charge < -0.3 is 20.7 Å². The van der Waals surface area contributed by atoms with Gasteiger partial charge in [-0.15, -0.1) is 0 Å². The molecule has 0 aromatic heterocycles. The van der Waals surface area contributed by atoms with Crippen LogP contribution in [0.5, 0.6) is 0 Å². The van der Waals surface area contributed by atoms with E-state index in [-0.39, 0.29) is 12.5 Å². The van der Waals surface area contributed by atoms with Gasteiger partial charge in [-0.05, 0) is 13.2 Å². The Morgan fingerprint density at radius 1 is 1.28 bits per heavy atom. The van der Waals surface area contributed by atoms with Crippen LogP contribution in [0.15, 0.2) is 4.99 Å². The molecule has 0 atom stereocenters. The summed E-state index contributed by atoms with van der Waals surface area (Å²) in [6.07, 6.45) is 2.05. The van der Waals surface area contributed by atoms with E-state index in [9.17, 15) is 4.79 Å². The Hall–Kier alpha value is -0.950. The first-order chi connectivity index (χ1) is 8.74. The van der Waals surface area contributed by atoms with Crippen LogP contribution in [0.2, 0.25) is 0 Å². The van der Waals surface area contributed by atoms with Crippen LogP contribution >= 0.6 is 11.8 Å². The van der Waals surface area contributed by atoms with Crippen LogP contribution in [-0.2, 0) is 9.53 Å². The second-order valence-electron chi connectivity index (χ2n) is 3.46. The maximum absolute atomic E-state index is 11.4. The minimum Gasteiger partial charge on any atom is -0.383 e. The zero-order valence-electron chi connectivity index (χ0n) is 11.4. The van der Waals surface area contributed by atoms with Crippen LogP contribution < -0.4 is 16.0 Å². The van der Waals surface area contributed by atoms with Gasteiger partial charge in [0.25, 0.3) is 0 Å². The molecule has 0 radical (unpaired) electrons. The van der Waals surface area contributed by atoms with Gasteiger partial charge in [0, 0.05) is 32.5 Å². The summed E-state index contributed by atoms with van der Waals surface area (Å²) in [6, 6.07) is 0. The van der Waals surface area contributed by atoms with Crippen molar-refractivity contribution in [2.75, 3.05) is 51.9 Å². The van der Waals surface area contributed by atoms with Gasteiger partial charge in [0.2, 0.25) is 5.91 Å². The lowest BCUT2D eigenvalue weighted by molar-refractivity contribution is -0.119. The van der Waals surface area contributed by atoms with Crippen molar-refractivity contribution in [1.82, 2.24) is 16.0 Å². The predicted octanol–water partition coefficient (Wildman–Crippen LogP) is -0.333. The Labute approximate surface area is 113 Å². The highest BCUT2D eigenvalue weighted by Gasteiger charge is 2.01. The van der Waals surface area contributed by atoms with Gasteiger partial charge in [0.15, 0.2) is 5.96 Å². The normalized spacial score (nSPS) is 11.2. The highest BCUT2D eigenvalue weighted by Crippen LogP contribution is 1.87. The lowest BCUT2D eigenvalue weighted by atomic mass is 10.5. The summed E-state index contributed by atoms with van der Waals surface area (Å²) in [5.41, 5.74) is 0. The van der Waals surface area contributed by atoms with Crippen molar-refractivity contribution in [3.8, 4) is 0 Å². The number of carbonyl (C=O) groups excluding carboxylic acids is 1. The van der Waals surface area contributed by atoms with Gasteiger partial charge in [-0.1, -0.05) is 0 Å². The number of nitrogens with zero attached hydrogens (tertiary/aromatic N) is 1. The molecule has 3 N–H and O–H groups in total. The quantitative estimate of drug-likeness (QED) is 0.305. The molecular weight excluding hydrogens is 252 g/mol. The van der Waals surface area contributed by atoms with Crippen molar-refractivity contribution in [2.45, 2.75) is 6.92 Å².